The molecule has 0 saturated carbocycles. The van der Waals surface area contributed by atoms with Crippen LogP contribution in [0.5, 0.6) is 0 Å². The molecule has 19 heavy (non-hydrogen) atoms. The Labute approximate surface area is 123 Å². The van der Waals surface area contributed by atoms with Crippen LogP contribution in [0.25, 0.3) is 0 Å². The Kier molecular flexibility index (Phi) is 6.48. The minimum Gasteiger partial charge on any atom is -0.399 e. The molecule has 0 aromatic heterocycles. The summed E-state index contributed by atoms with van der Waals surface area (Å²) in [7, 11) is 1.94. The maximum absolute atomic E-state index is 12.1. The summed E-state index contributed by atoms with van der Waals surface area (Å²) in [5, 5.41) is 3.27. The predicted octanol–water partition coefficient (Wildman–Crippen LogP) is 2.54. The number of carbonyl (C=O) groups excluding carboxylic acids is 1. The van der Waals surface area contributed by atoms with Crippen LogP contribution in [-0.2, 0) is 4.79 Å². The van der Waals surface area contributed by atoms with Crippen LogP contribution in [0, 0.1) is 0 Å². The summed E-state index contributed by atoms with van der Waals surface area (Å²) >= 11 is 7.79. The molecule has 1 atom stereocenters. The van der Waals surface area contributed by atoms with E-state index in [2.05, 4.69) is 5.32 Å². The number of benzene rings is 1. The first kappa shape index (κ1) is 16.1. The quantitative estimate of drug-likeness (QED) is 0.793. The van der Waals surface area contributed by atoms with Gasteiger partial charge in [0, 0.05) is 18.0 Å². The molecule has 1 aromatic carbocycles. The van der Waals surface area contributed by atoms with Gasteiger partial charge in [-0.15, -0.1) is 0 Å². The monoisotopic (exact) mass is 301 g/mol. The summed E-state index contributed by atoms with van der Waals surface area (Å²) < 4.78 is 0. The fraction of sp³-hybridized carbons (Fsp3) is 0.462. The summed E-state index contributed by atoms with van der Waals surface area (Å²) in [5.74, 6) is 0.923. The number of likely N-dealkylation sites (N-methyl/N-ethyl adjacent to an activating group) is 1. The van der Waals surface area contributed by atoms with Crippen molar-refractivity contribution in [2.45, 2.75) is 13.0 Å². The van der Waals surface area contributed by atoms with Crippen LogP contribution in [0.3, 0.4) is 0 Å². The van der Waals surface area contributed by atoms with Gasteiger partial charge in [0.1, 0.15) is 0 Å². The average molecular weight is 302 g/mol. The Morgan fingerprint density at radius 1 is 1.58 bits per heavy atom. The predicted molar refractivity (Wildman–Crippen MR) is 85.0 cm³/mol. The number of nitrogens with zero attached hydrogens (tertiary/aromatic N) is 1. The maximum Gasteiger partial charge on any atom is 0.241 e. The number of hydrogen-bond acceptors (Lipinski definition) is 4. The van der Waals surface area contributed by atoms with Crippen LogP contribution in [0.4, 0.5) is 11.4 Å². The third kappa shape index (κ3) is 4.93. The molecule has 0 aliphatic carbocycles. The molecule has 0 radical (unpaired) electrons. The number of amides is 1. The smallest absolute Gasteiger partial charge is 0.241 e. The van der Waals surface area contributed by atoms with Crippen molar-refractivity contribution < 1.29 is 4.79 Å². The first-order chi connectivity index (χ1) is 8.95. The molecule has 0 spiro atoms. The van der Waals surface area contributed by atoms with Crippen molar-refractivity contribution in [2.24, 2.45) is 0 Å². The first-order valence-corrected chi connectivity index (χ1v) is 7.78. The van der Waals surface area contributed by atoms with Gasteiger partial charge in [-0.05, 0) is 38.4 Å². The van der Waals surface area contributed by atoms with Crippen LogP contribution in [-0.4, -0.2) is 42.4 Å². The van der Waals surface area contributed by atoms with Crippen LogP contribution in [0.2, 0.25) is 5.02 Å². The highest BCUT2D eigenvalue weighted by Gasteiger charge is 2.18. The highest BCUT2D eigenvalue weighted by Crippen LogP contribution is 2.24. The van der Waals surface area contributed by atoms with Crippen molar-refractivity contribution in [1.29, 1.82) is 0 Å². The van der Waals surface area contributed by atoms with E-state index in [1.165, 1.54) is 0 Å². The number of carbonyl (C=O) groups is 1. The van der Waals surface area contributed by atoms with Gasteiger partial charge in [-0.25, -0.2) is 0 Å². The average Bonchev–Trinajstić information content (AvgIpc) is 2.38. The minimum absolute atomic E-state index is 0.0738. The van der Waals surface area contributed by atoms with Gasteiger partial charge in [0.25, 0.3) is 0 Å². The summed E-state index contributed by atoms with van der Waals surface area (Å²) in [5.41, 5.74) is 6.78. The molecular formula is C13H20ClN3OS. The Hall–Kier alpha value is -0.910. The van der Waals surface area contributed by atoms with E-state index in [-0.39, 0.29) is 11.9 Å². The van der Waals surface area contributed by atoms with Crippen molar-refractivity contribution in [1.82, 2.24) is 4.90 Å². The topological polar surface area (TPSA) is 58.4 Å². The highest BCUT2D eigenvalue weighted by molar-refractivity contribution is 7.98. The molecule has 1 rings (SSSR count). The van der Waals surface area contributed by atoms with Gasteiger partial charge >= 0.3 is 0 Å². The lowest BCUT2D eigenvalue weighted by molar-refractivity contribution is -0.120. The molecule has 4 nitrogen and oxygen atoms in total. The van der Waals surface area contributed by atoms with Gasteiger partial charge < -0.3 is 11.1 Å². The van der Waals surface area contributed by atoms with Crippen molar-refractivity contribution in [3.8, 4) is 0 Å². The van der Waals surface area contributed by atoms with E-state index in [0.29, 0.717) is 16.4 Å². The zero-order valence-corrected chi connectivity index (χ0v) is 13.0. The van der Waals surface area contributed by atoms with Gasteiger partial charge in [0.05, 0.1) is 16.8 Å². The zero-order valence-electron chi connectivity index (χ0n) is 11.4. The minimum atomic E-state index is -0.208. The molecule has 0 bridgehead atoms. The Morgan fingerprint density at radius 3 is 2.84 bits per heavy atom. The first-order valence-electron chi connectivity index (χ1n) is 6.00. The molecule has 1 unspecified atom stereocenters. The fourth-order valence-electron chi connectivity index (χ4n) is 1.50. The number of halogens is 1. The van der Waals surface area contributed by atoms with Gasteiger partial charge in [0.2, 0.25) is 5.91 Å². The van der Waals surface area contributed by atoms with Gasteiger partial charge in [-0.1, -0.05) is 11.6 Å². The number of thioether (sulfide) groups is 1. The zero-order chi connectivity index (χ0) is 14.4. The van der Waals surface area contributed by atoms with Gasteiger partial charge in [0.15, 0.2) is 0 Å². The molecule has 3 N–H and O–H groups in total. The fourth-order valence-corrected chi connectivity index (χ4v) is 2.21. The number of rotatable bonds is 6. The Balaban J connectivity index is 2.63. The van der Waals surface area contributed by atoms with E-state index in [9.17, 15) is 4.79 Å². The van der Waals surface area contributed by atoms with E-state index in [0.717, 1.165) is 12.3 Å². The lowest BCUT2D eigenvalue weighted by Crippen LogP contribution is -2.40. The van der Waals surface area contributed by atoms with E-state index < -0.39 is 0 Å². The standard InChI is InChI=1S/C13H20ClN3OS/c1-9(17(2)6-7-19-3)13(18)16-12-5-4-10(15)8-11(12)14/h4-5,8-9H,6-7,15H2,1-3H3,(H,16,18). The van der Waals surface area contributed by atoms with Crippen LogP contribution in [0.1, 0.15) is 6.92 Å². The number of anilines is 2. The lowest BCUT2D eigenvalue weighted by atomic mass is 10.2. The molecule has 0 saturated heterocycles. The van der Waals surface area contributed by atoms with E-state index in [4.69, 9.17) is 17.3 Å². The number of nitrogen functional groups attached to an aromatic ring is 1. The molecule has 1 aromatic rings. The Bertz CT molecular complexity index is 442. The Morgan fingerprint density at radius 2 is 2.26 bits per heavy atom. The van der Waals surface area contributed by atoms with Crippen LogP contribution in [0.15, 0.2) is 18.2 Å². The molecule has 0 heterocycles. The summed E-state index contributed by atoms with van der Waals surface area (Å²) in [4.78, 5) is 14.1. The number of nitrogens with one attached hydrogen (secondary N) is 1. The summed E-state index contributed by atoms with van der Waals surface area (Å²) in [6, 6.07) is 4.84. The molecule has 6 heteroatoms. The second-order valence-corrected chi connectivity index (χ2v) is 5.77. The molecule has 106 valence electrons. The van der Waals surface area contributed by atoms with Crippen LogP contribution >= 0.6 is 23.4 Å². The molecule has 1 amide bonds. The van der Waals surface area contributed by atoms with E-state index >= 15 is 0 Å². The number of nitrogens with two attached hydrogens (primary N) is 1. The second kappa shape index (κ2) is 7.62. The molecule has 0 aliphatic rings. The van der Waals surface area contributed by atoms with Crippen molar-refractivity contribution in [3.63, 3.8) is 0 Å². The maximum atomic E-state index is 12.1. The third-order valence-electron chi connectivity index (χ3n) is 2.94. The van der Waals surface area contributed by atoms with Crippen molar-refractivity contribution in [2.75, 3.05) is 36.7 Å². The van der Waals surface area contributed by atoms with Gasteiger partial charge in [-0.3, -0.25) is 9.69 Å². The van der Waals surface area contributed by atoms with Gasteiger partial charge in [-0.2, -0.15) is 11.8 Å². The highest BCUT2D eigenvalue weighted by atomic mass is 35.5. The lowest BCUT2D eigenvalue weighted by Gasteiger charge is -2.23. The van der Waals surface area contributed by atoms with Crippen LogP contribution < -0.4 is 11.1 Å². The largest absolute Gasteiger partial charge is 0.399 e. The SMILES string of the molecule is CSCCN(C)C(C)C(=O)Nc1ccc(N)cc1Cl. The molecule has 0 fully saturated rings. The summed E-state index contributed by atoms with van der Waals surface area (Å²) in [6.45, 7) is 2.74. The van der Waals surface area contributed by atoms with E-state index in [1.807, 2.05) is 25.1 Å². The van der Waals surface area contributed by atoms with E-state index in [1.54, 1.807) is 30.0 Å². The summed E-state index contributed by atoms with van der Waals surface area (Å²) in [6.07, 6.45) is 2.05. The molecule has 0 aliphatic heterocycles. The third-order valence-corrected chi connectivity index (χ3v) is 3.84. The van der Waals surface area contributed by atoms with Crippen molar-refractivity contribution >= 4 is 40.6 Å². The second-order valence-electron chi connectivity index (χ2n) is 4.38. The van der Waals surface area contributed by atoms with Crippen molar-refractivity contribution in [3.05, 3.63) is 23.2 Å². The number of hydrogen-bond donors (Lipinski definition) is 2. The molecular weight excluding hydrogens is 282 g/mol. The normalized spacial score (nSPS) is 12.5.